The Kier molecular flexibility index (Phi) is 3.44. The molecule has 0 aliphatic rings. The fourth-order valence-corrected chi connectivity index (χ4v) is 1.08. The van der Waals surface area contributed by atoms with Crippen LogP contribution in [0.25, 0.3) is 6.08 Å². The molecule has 0 aromatic heterocycles. The second-order valence-electron chi connectivity index (χ2n) is 3.03. The van der Waals surface area contributed by atoms with E-state index in [0.717, 1.165) is 0 Å². The number of carboxylic acid groups (broad SMARTS) is 1. The lowest BCUT2D eigenvalue weighted by atomic mass is 10.1. The quantitative estimate of drug-likeness (QED) is 0.779. The number of carboxylic acids is 1. The highest BCUT2D eigenvalue weighted by Gasteiger charge is 2.04. The van der Waals surface area contributed by atoms with Crippen LogP contribution in [0.1, 0.15) is 12.5 Å². The molecule has 0 saturated carbocycles. The maximum Gasteiger partial charge on any atom is 0.331 e. The molecular weight excluding hydrogens is 199 g/mol. The minimum Gasteiger partial charge on any atom is -0.494 e. The van der Waals surface area contributed by atoms with E-state index in [0.29, 0.717) is 5.56 Å². The summed E-state index contributed by atoms with van der Waals surface area (Å²) in [5.74, 6) is -1.39. The summed E-state index contributed by atoms with van der Waals surface area (Å²) in [7, 11) is 1.37. The molecule has 4 heteroatoms. The Morgan fingerprint density at radius 1 is 1.53 bits per heavy atom. The highest BCUT2D eigenvalue weighted by Crippen LogP contribution is 2.19. The Bertz CT molecular complexity index is 410. The third kappa shape index (κ3) is 2.80. The zero-order valence-corrected chi connectivity index (χ0v) is 8.45. The summed E-state index contributed by atoms with van der Waals surface area (Å²) in [6, 6.07) is 4.27. The Hall–Kier alpha value is -1.84. The van der Waals surface area contributed by atoms with E-state index in [1.807, 2.05) is 0 Å². The van der Waals surface area contributed by atoms with Crippen molar-refractivity contribution in [2.45, 2.75) is 6.92 Å². The molecule has 0 atom stereocenters. The van der Waals surface area contributed by atoms with Crippen LogP contribution in [0.3, 0.4) is 0 Å². The Labute approximate surface area is 86.8 Å². The molecule has 80 valence electrons. The first-order valence-electron chi connectivity index (χ1n) is 4.29. The molecule has 0 spiro atoms. The summed E-state index contributed by atoms with van der Waals surface area (Å²) in [6.07, 6.45) is 1.39. The minimum absolute atomic E-state index is 0.139. The fourth-order valence-electron chi connectivity index (χ4n) is 1.08. The SMILES string of the molecule is COc1ccc(/C=C(/C)C(=O)O)cc1F. The molecule has 1 rings (SSSR count). The predicted octanol–water partition coefficient (Wildman–Crippen LogP) is 2.32. The van der Waals surface area contributed by atoms with Crippen LogP contribution in [0.2, 0.25) is 0 Å². The van der Waals surface area contributed by atoms with Crippen molar-refractivity contribution in [3.8, 4) is 5.75 Å². The highest BCUT2D eigenvalue weighted by molar-refractivity contribution is 5.91. The summed E-state index contributed by atoms with van der Waals surface area (Å²) in [5, 5.41) is 8.63. The number of carbonyl (C=O) groups is 1. The molecule has 0 bridgehead atoms. The molecule has 15 heavy (non-hydrogen) atoms. The molecule has 0 heterocycles. The molecule has 0 aliphatic heterocycles. The van der Waals surface area contributed by atoms with Gasteiger partial charge in [-0.2, -0.15) is 0 Å². The number of hydrogen-bond acceptors (Lipinski definition) is 2. The van der Waals surface area contributed by atoms with Crippen LogP contribution in [0.15, 0.2) is 23.8 Å². The summed E-state index contributed by atoms with van der Waals surface area (Å²) in [5.41, 5.74) is 0.646. The van der Waals surface area contributed by atoms with Gasteiger partial charge < -0.3 is 9.84 Å². The van der Waals surface area contributed by atoms with E-state index >= 15 is 0 Å². The van der Waals surface area contributed by atoms with E-state index in [-0.39, 0.29) is 11.3 Å². The first kappa shape index (κ1) is 11.2. The van der Waals surface area contributed by atoms with Gasteiger partial charge >= 0.3 is 5.97 Å². The number of rotatable bonds is 3. The van der Waals surface area contributed by atoms with Crippen molar-refractivity contribution in [3.05, 3.63) is 35.2 Å². The van der Waals surface area contributed by atoms with E-state index in [4.69, 9.17) is 9.84 Å². The van der Waals surface area contributed by atoms with Crippen molar-refractivity contribution >= 4 is 12.0 Å². The van der Waals surface area contributed by atoms with Crippen molar-refractivity contribution in [2.75, 3.05) is 7.11 Å². The van der Waals surface area contributed by atoms with Gasteiger partial charge in [-0.05, 0) is 30.7 Å². The standard InChI is InChI=1S/C11H11FO3/c1-7(11(13)14)5-8-3-4-10(15-2)9(12)6-8/h3-6H,1-2H3,(H,13,14)/b7-5-. The Balaban J connectivity index is 3.03. The van der Waals surface area contributed by atoms with E-state index in [1.54, 1.807) is 6.07 Å². The topological polar surface area (TPSA) is 46.5 Å². The van der Waals surface area contributed by atoms with Crippen molar-refractivity contribution in [1.29, 1.82) is 0 Å². The van der Waals surface area contributed by atoms with Gasteiger partial charge in [0, 0.05) is 5.57 Å². The van der Waals surface area contributed by atoms with Gasteiger partial charge in [0.2, 0.25) is 0 Å². The highest BCUT2D eigenvalue weighted by atomic mass is 19.1. The third-order valence-electron chi connectivity index (χ3n) is 1.90. The number of halogens is 1. The molecular formula is C11H11FO3. The smallest absolute Gasteiger partial charge is 0.331 e. The molecule has 0 saturated heterocycles. The maximum atomic E-state index is 13.2. The van der Waals surface area contributed by atoms with Gasteiger partial charge in [0.15, 0.2) is 11.6 Å². The van der Waals surface area contributed by atoms with Crippen LogP contribution in [-0.4, -0.2) is 18.2 Å². The average molecular weight is 210 g/mol. The van der Waals surface area contributed by atoms with Gasteiger partial charge in [0.05, 0.1) is 7.11 Å². The fraction of sp³-hybridized carbons (Fsp3) is 0.182. The Morgan fingerprint density at radius 2 is 2.20 bits per heavy atom. The molecule has 0 fully saturated rings. The third-order valence-corrected chi connectivity index (χ3v) is 1.90. The first-order chi connectivity index (χ1) is 7.04. The zero-order valence-electron chi connectivity index (χ0n) is 8.45. The molecule has 1 aromatic carbocycles. The monoisotopic (exact) mass is 210 g/mol. The summed E-state index contributed by atoms with van der Waals surface area (Å²) >= 11 is 0. The van der Waals surface area contributed by atoms with Gasteiger partial charge in [-0.1, -0.05) is 6.07 Å². The second-order valence-corrected chi connectivity index (χ2v) is 3.03. The second kappa shape index (κ2) is 4.59. The van der Waals surface area contributed by atoms with Gasteiger partial charge in [-0.3, -0.25) is 0 Å². The zero-order chi connectivity index (χ0) is 11.4. The number of methoxy groups -OCH3 is 1. The van der Waals surface area contributed by atoms with Crippen LogP contribution in [-0.2, 0) is 4.79 Å². The molecule has 0 aliphatic carbocycles. The lowest BCUT2D eigenvalue weighted by Gasteiger charge is -2.02. The van der Waals surface area contributed by atoms with Crippen molar-refractivity contribution in [2.24, 2.45) is 0 Å². The minimum atomic E-state index is -1.02. The lowest BCUT2D eigenvalue weighted by Crippen LogP contribution is -1.95. The number of benzene rings is 1. The van der Waals surface area contributed by atoms with Crippen LogP contribution in [0, 0.1) is 5.82 Å². The molecule has 0 radical (unpaired) electrons. The van der Waals surface area contributed by atoms with Crippen molar-refractivity contribution in [3.63, 3.8) is 0 Å². The van der Waals surface area contributed by atoms with Crippen molar-refractivity contribution < 1.29 is 19.0 Å². The molecule has 0 amide bonds. The van der Waals surface area contributed by atoms with Crippen LogP contribution < -0.4 is 4.74 Å². The molecule has 0 unspecified atom stereocenters. The first-order valence-corrected chi connectivity index (χ1v) is 4.29. The number of hydrogen-bond donors (Lipinski definition) is 1. The van der Waals surface area contributed by atoms with Crippen LogP contribution in [0.5, 0.6) is 5.75 Å². The predicted molar refractivity (Wildman–Crippen MR) is 54.2 cm³/mol. The van der Waals surface area contributed by atoms with Gasteiger partial charge in [0.1, 0.15) is 0 Å². The van der Waals surface area contributed by atoms with Crippen LogP contribution >= 0.6 is 0 Å². The van der Waals surface area contributed by atoms with Crippen molar-refractivity contribution in [1.82, 2.24) is 0 Å². The maximum absolute atomic E-state index is 13.2. The average Bonchev–Trinajstić information content (AvgIpc) is 2.18. The van der Waals surface area contributed by atoms with E-state index in [9.17, 15) is 9.18 Å². The van der Waals surface area contributed by atoms with E-state index in [1.165, 1.54) is 32.2 Å². The summed E-state index contributed by atoms with van der Waals surface area (Å²) < 4.78 is 17.9. The van der Waals surface area contributed by atoms with Crippen LogP contribution in [0.4, 0.5) is 4.39 Å². The van der Waals surface area contributed by atoms with Gasteiger partial charge in [-0.15, -0.1) is 0 Å². The lowest BCUT2D eigenvalue weighted by molar-refractivity contribution is -0.132. The molecule has 1 N–H and O–H groups in total. The van der Waals surface area contributed by atoms with E-state index in [2.05, 4.69) is 0 Å². The Morgan fingerprint density at radius 3 is 2.67 bits per heavy atom. The molecule has 1 aromatic rings. The summed E-state index contributed by atoms with van der Waals surface area (Å²) in [6.45, 7) is 1.45. The normalized spacial score (nSPS) is 11.3. The number of ether oxygens (including phenoxy) is 1. The number of aliphatic carboxylic acids is 1. The van der Waals surface area contributed by atoms with E-state index < -0.39 is 11.8 Å². The largest absolute Gasteiger partial charge is 0.494 e. The van der Waals surface area contributed by atoms with Gasteiger partial charge in [-0.25, -0.2) is 9.18 Å². The van der Waals surface area contributed by atoms with Gasteiger partial charge in [0.25, 0.3) is 0 Å². The molecule has 3 nitrogen and oxygen atoms in total. The summed E-state index contributed by atoms with van der Waals surface area (Å²) in [4.78, 5) is 10.5.